The van der Waals surface area contributed by atoms with Crippen LogP contribution in [0.4, 0.5) is 8.78 Å². The lowest BCUT2D eigenvalue weighted by molar-refractivity contribution is -0.0162. The van der Waals surface area contributed by atoms with Gasteiger partial charge in [-0.1, -0.05) is 26.2 Å². The second kappa shape index (κ2) is 5.35. The number of rotatable bonds is 3. The molecule has 1 N–H and O–H groups in total. The molecule has 0 spiro atoms. The molecule has 1 aromatic carbocycles. The lowest BCUT2D eigenvalue weighted by Crippen LogP contribution is -2.37. The first-order valence-electron chi connectivity index (χ1n) is 6.68. The summed E-state index contributed by atoms with van der Waals surface area (Å²) in [4.78, 5) is 0. The highest BCUT2D eigenvalue weighted by Gasteiger charge is 2.33. The molecule has 1 fully saturated rings. The number of benzene rings is 1. The van der Waals surface area contributed by atoms with Crippen molar-refractivity contribution in [2.75, 3.05) is 0 Å². The van der Waals surface area contributed by atoms with Gasteiger partial charge in [0, 0.05) is 12.5 Å². The van der Waals surface area contributed by atoms with E-state index in [2.05, 4.69) is 6.92 Å². The number of aliphatic hydroxyl groups is 1. The normalized spacial score (nSPS) is 28.3. The summed E-state index contributed by atoms with van der Waals surface area (Å²) in [5, 5.41) is 10.6. The van der Waals surface area contributed by atoms with Gasteiger partial charge in [-0.15, -0.1) is 0 Å². The van der Waals surface area contributed by atoms with E-state index in [1.54, 1.807) is 0 Å². The summed E-state index contributed by atoms with van der Waals surface area (Å²) in [5.74, 6) is -0.616. The minimum Gasteiger partial charge on any atom is -0.390 e. The lowest BCUT2D eigenvalue weighted by atomic mass is 9.74. The predicted octanol–water partition coefficient (Wildman–Crippen LogP) is 3.84. The van der Waals surface area contributed by atoms with Gasteiger partial charge in [0.05, 0.1) is 5.60 Å². The van der Waals surface area contributed by atoms with Crippen molar-refractivity contribution in [2.45, 2.75) is 51.0 Å². The molecule has 0 heterocycles. The van der Waals surface area contributed by atoms with Crippen molar-refractivity contribution < 1.29 is 13.9 Å². The first-order valence-corrected chi connectivity index (χ1v) is 6.68. The monoisotopic (exact) mass is 254 g/mol. The molecule has 0 saturated heterocycles. The third-order valence-electron chi connectivity index (χ3n) is 3.96. The fourth-order valence-corrected chi connectivity index (χ4v) is 3.06. The smallest absolute Gasteiger partial charge is 0.126 e. The Morgan fingerprint density at radius 1 is 1.28 bits per heavy atom. The molecular formula is C15H20F2O. The molecule has 1 saturated carbocycles. The second-order valence-electron chi connectivity index (χ2n) is 5.55. The maximum absolute atomic E-state index is 13.1. The Labute approximate surface area is 107 Å². The van der Waals surface area contributed by atoms with Gasteiger partial charge >= 0.3 is 0 Å². The van der Waals surface area contributed by atoms with E-state index in [4.69, 9.17) is 0 Å². The summed E-state index contributed by atoms with van der Waals surface area (Å²) in [5.41, 5.74) is -0.245. The molecule has 18 heavy (non-hydrogen) atoms. The van der Waals surface area contributed by atoms with E-state index in [9.17, 15) is 13.9 Å². The molecule has 2 atom stereocenters. The second-order valence-corrected chi connectivity index (χ2v) is 5.55. The molecule has 3 heteroatoms. The Kier molecular flexibility index (Phi) is 4.00. The van der Waals surface area contributed by atoms with Gasteiger partial charge in [-0.25, -0.2) is 8.78 Å². The summed E-state index contributed by atoms with van der Waals surface area (Å²) < 4.78 is 26.3. The molecule has 0 radical (unpaired) electrons. The standard InChI is InChI=1S/C15H20F2O/c1-2-11-4-3-5-15(18,9-11)10-12-6-13(16)8-14(17)7-12/h6-8,11,18H,2-5,9-10H2,1H3. The average molecular weight is 254 g/mol. The van der Waals surface area contributed by atoms with Crippen molar-refractivity contribution in [2.24, 2.45) is 5.92 Å². The minimum atomic E-state index is -0.792. The first kappa shape index (κ1) is 13.5. The van der Waals surface area contributed by atoms with Gasteiger partial charge in [0.2, 0.25) is 0 Å². The number of halogens is 2. The van der Waals surface area contributed by atoms with Gasteiger partial charge < -0.3 is 5.11 Å². The van der Waals surface area contributed by atoms with Crippen LogP contribution in [0.15, 0.2) is 18.2 Å². The van der Waals surface area contributed by atoms with Crippen molar-refractivity contribution in [3.8, 4) is 0 Å². The molecule has 0 aliphatic heterocycles. The van der Waals surface area contributed by atoms with Crippen LogP contribution in [0.5, 0.6) is 0 Å². The Hall–Kier alpha value is -0.960. The van der Waals surface area contributed by atoms with Crippen LogP contribution in [0.25, 0.3) is 0 Å². The van der Waals surface area contributed by atoms with Gasteiger partial charge in [0.1, 0.15) is 11.6 Å². The van der Waals surface area contributed by atoms with Crippen molar-refractivity contribution in [1.82, 2.24) is 0 Å². The average Bonchev–Trinajstić information content (AvgIpc) is 2.26. The first-order chi connectivity index (χ1) is 8.50. The van der Waals surface area contributed by atoms with E-state index in [1.807, 2.05) is 0 Å². The number of hydrogen-bond donors (Lipinski definition) is 1. The highest BCUT2D eigenvalue weighted by Crippen LogP contribution is 2.36. The largest absolute Gasteiger partial charge is 0.390 e. The van der Waals surface area contributed by atoms with Crippen LogP contribution >= 0.6 is 0 Å². The Balaban J connectivity index is 2.11. The summed E-state index contributed by atoms with van der Waals surface area (Å²) in [6.07, 6.45) is 5.00. The highest BCUT2D eigenvalue weighted by atomic mass is 19.1. The molecule has 1 aromatic rings. The van der Waals surface area contributed by atoms with Gasteiger partial charge in [-0.05, 0) is 36.5 Å². The van der Waals surface area contributed by atoms with Gasteiger partial charge in [-0.2, -0.15) is 0 Å². The third-order valence-corrected chi connectivity index (χ3v) is 3.96. The SMILES string of the molecule is CCC1CCCC(O)(Cc2cc(F)cc(F)c2)C1. The molecule has 2 rings (SSSR count). The topological polar surface area (TPSA) is 20.2 Å². The van der Waals surface area contributed by atoms with Crippen molar-refractivity contribution in [3.63, 3.8) is 0 Å². The summed E-state index contributed by atoms with van der Waals surface area (Å²) in [6, 6.07) is 3.50. The number of hydrogen-bond acceptors (Lipinski definition) is 1. The molecule has 1 aliphatic carbocycles. The minimum absolute atomic E-state index is 0.345. The van der Waals surface area contributed by atoms with E-state index in [0.29, 0.717) is 17.9 Å². The molecule has 0 amide bonds. The zero-order valence-electron chi connectivity index (χ0n) is 10.8. The van der Waals surface area contributed by atoms with Crippen LogP contribution in [0, 0.1) is 17.6 Å². The van der Waals surface area contributed by atoms with E-state index in [-0.39, 0.29) is 0 Å². The van der Waals surface area contributed by atoms with E-state index < -0.39 is 17.2 Å². The lowest BCUT2D eigenvalue weighted by Gasteiger charge is -2.36. The van der Waals surface area contributed by atoms with Crippen LogP contribution in [0.2, 0.25) is 0 Å². The van der Waals surface area contributed by atoms with Crippen LogP contribution in [0.1, 0.15) is 44.6 Å². The molecule has 0 bridgehead atoms. The Morgan fingerprint density at radius 2 is 1.94 bits per heavy atom. The van der Waals surface area contributed by atoms with Gasteiger partial charge in [0.25, 0.3) is 0 Å². The third kappa shape index (κ3) is 3.29. The molecule has 1 nitrogen and oxygen atoms in total. The van der Waals surface area contributed by atoms with Gasteiger partial charge in [0.15, 0.2) is 0 Å². The molecule has 1 aliphatic rings. The Bertz CT molecular complexity index is 399. The summed E-state index contributed by atoms with van der Waals surface area (Å²) in [7, 11) is 0. The maximum atomic E-state index is 13.1. The molecular weight excluding hydrogens is 234 g/mol. The fourth-order valence-electron chi connectivity index (χ4n) is 3.06. The van der Waals surface area contributed by atoms with E-state index >= 15 is 0 Å². The van der Waals surface area contributed by atoms with Crippen molar-refractivity contribution >= 4 is 0 Å². The highest BCUT2D eigenvalue weighted by molar-refractivity contribution is 5.20. The van der Waals surface area contributed by atoms with E-state index in [1.165, 1.54) is 12.1 Å². The zero-order chi connectivity index (χ0) is 13.2. The van der Waals surface area contributed by atoms with Crippen LogP contribution < -0.4 is 0 Å². The molecule has 100 valence electrons. The molecule has 0 aromatic heterocycles. The quantitative estimate of drug-likeness (QED) is 0.869. The van der Waals surface area contributed by atoms with Crippen molar-refractivity contribution in [1.29, 1.82) is 0 Å². The van der Waals surface area contributed by atoms with Crippen LogP contribution in [0.3, 0.4) is 0 Å². The van der Waals surface area contributed by atoms with Crippen LogP contribution in [-0.4, -0.2) is 10.7 Å². The van der Waals surface area contributed by atoms with Crippen molar-refractivity contribution in [3.05, 3.63) is 35.4 Å². The van der Waals surface area contributed by atoms with E-state index in [0.717, 1.165) is 38.2 Å². The Morgan fingerprint density at radius 3 is 2.56 bits per heavy atom. The summed E-state index contributed by atoms with van der Waals surface area (Å²) in [6.45, 7) is 2.12. The van der Waals surface area contributed by atoms with Gasteiger partial charge in [-0.3, -0.25) is 0 Å². The fraction of sp³-hybridized carbons (Fsp3) is 0.600. The zero-order valence-corrected chi connectivity index (χ0v) is 10.8. The van der Waals surface area contributed by atoms with Crippen LogP contribution in [-0.2, 0) is 6.42 Å². The summed E-state index contributed by atoms with van der Waals surface area (Å²) >= 11 is 0. The predicted molar refractivity (Wildman–Crippen MR) is 67.3 cm³/mol. The molecule has 2 unspecified atom stereocenters. The maximum Gasteiger partial charge on any atom is 0.126 e.